The van der Waals surface area contributed by atoms with Crippen LogP contribution in [0.5, 0.6) is 0 Å². The molecule has 5 nitrogen and oxygen atoms in total. The number of pyridine rings is 1. The summed E-state index contributed by atoms with van der Waals surface area (Å²) < 4.78 is 1.51. The molecule has 5 rings (SSSR count). The Balaban J connectivity index is 1.68. The van der Waals surface area contributed by atoms with Crippen molar-refractivity contribution in [2.24, 2.45) is 0 Å². The van der Waals surface area contributed by atoms with E-state index in [1.54, 1.807) is 18.5 Å². The van der Waals surface area contributed by atoms with E-state index in [0.717, 1.165) is 41.1 Å². The fraction of sp³-hybridized carbons (Fsp3) is 0.190. The van der Waals surface area contributed by atoms with Crippen molar-refractivity contribution in [3.05, 3.63) is 87.6 Å². The summed E-state index contributed by atoms with van der Waals surface area (Å²) in [6.45, 7) is 0. The van der Waals surface area contributed by atoms with Gasteiger partial charge in [0, 0.05) is 46.2 Å². The maximum absolute atomic E-state index is 12.7. The van der Waals surface area contributed by atoms with Crippen LogP contribution in [0, 0.1) is 0 Å². The molecule has 0 saturated heterocycles. The molecule has 3 heterocycles. The largest absolute Gasteiger partial charge is 0.293 e. The normalized spacial score (nSPS) is 15.6. The van der Waals surface area contributed by atoms with Gasteiger partial charge in [-0.25, -0.2) is 9.50 Å². The highest BCUT2D eigenvalue weighted by Crippen LogP contribution is 2.50. The first-order valence-electron chi connectivity index (χ1n) is 8.96. The molecule has 4 aromatic rings. The van der Waals surface area contributed by atoms with E-state index in [4.69, 9.17) is 11.6 Å². The van der Waals surface area contributed by atoms with E-state index >= 15 is 0 Å². The summed E-state index contributed by atoms with van der Waals surface area (Å²) in [4.78, 5) is 21.4. The Kier molecular flexibility index (Phi) is 3.65. The Labute approximate surface area is 160 Å². The summed E-state index contributed by atoms with van der Waals surface area (Å²) in [5, 5.41) is 4.04. The number of benzene rings is 1. The molecule has 0 unspecified atom stereocenters. The molecule has 1 aliphatic rings. The number of nitrogens with zero attached hydrogens (tertiary/aromatic N) is 3. The minimum atomic E-state index is -0.185. The zero-order chi connectivity index (χ0) is 18.4. The number of fused-ring (bicyclic) bond motifs is 1. The van der Waals surface area contributed by atoms with Crippen LogP contribution in [0.3, 0.4) is 0 Å². The van der Waals surface area contributed by atoms with Crippen molar-refractivity contribution in [1.29, 1.82) is 0 Å². The molecule has 1 fully saturated rings. The number of halogens is 1. The monoisotopic (exact) mass is 376 g/mol. The molecule has 3 aromatic heterocycles. The van der Waals surface area contributed by atoms with Gasteiger partial charge in [0.1, 0.15) is 0 Å². The molecule has 1 saturated carbocycles. The number of hydrogen-bond donors (Lipinski definition) is 1. The SMILES string of the molecule is O=c1cc(-c2ccncc2)nc2cc(C3(c4ccccc4Cl)CCC3)[nH]n12. The molecule has 0 aliphatic heterocycles. The zero-order valence-electron chi connectivity index (χ0n) is 14.5. The lowest BCUT2D eigenvalue weighted by Crippen LogP contribution is -2.36. The third-order valence-electron chi connectivity index (χ3n) is 5.54. The second-order valence-electron chi connectivity index (χ2n) is 6.99. The average Bonchev–Trinajstić information content (AvgIpc) is 3.08. The van der Waals surface area contributed by atoms with Crippen molar-refractivity contribution >= 4 is 17.2 Å². The highest BCUT2D eigenvalue weighted by Gasteiger charge is 2.43. The third-order valence-corrected chi connectivity index (χ3v) is 5.87. The molecular formula is C21H17ClN4O. The van der Waals surface area contributed by atoms with E-state index in [1.807, 2.05) is 36.4 Å². The molecule has 1 aliphatic carbocycles. The van der Waals surface area contributed by atoms with Gasteiger partial charge in [-0.3, -0.25) is 14.9 Å². The maximum atomic E-state index is 12.7. The first-order valence-corrected chi connectivity index (χ1v) is 9.34. The van der Waals surface area contributed by atoms with Crippen molar-refractivity contribution in [3.8, 4) is 11.3 Å². The zero-order valence-corrected chi connectivity index (χ0v) is 15.3. The van der Waals surface area contributed by atoms with E-state index in [2.05, 4.69) is 21.1 Å². The molecular weight excluding hydrogens is 360 g/mol. The Bertz CT molecular complexity index is 1190. The van der Waals surface area contributed by atoms with E-state index in [1.165, 1.54) is 4.52 Å². The molecule has 134 valence electrons. The average molecular weight is 377 g/mol. The van der Waals surface area contributed by atoms with Crippen LogP contribution in [0.4, 0.5) is 0 Å². The predicted octanol–water partition coefficient (Wildman–Crippen LogP) is 4.21. The highest BCUT2D eigenvalue weighted by molar-refractivity contribution is 6.31. The highest BCUT2D eigenvalue weighted by atomic mass is 35.5. The van der Waals surface area contributed by atoms with Crippen LogP contribution in [0.1, 0.15) is 30.5 Å². The molecule has 6 heteroatoms. The summed E-state index contributed by atoms with van der Waals surface area (Å²) in [6, 6.07) is 15.2. The molecule has 0 radical (unpaired) electrons. The van der Waals surface area contributed by atoms with Gasteiger partial charge in [-0.1, -0.05) is 36.2 Å². The van der Waals surface area contributed by atoms with Gasteiger partial charge in [-0.15, -0.1) is 0 Å². The fourth-order valence-corrected chi connectivity index (χ4v) is 4.29. The van der Waals surface area contributed by atoms with Crippen molar-refractivity contribution in [1.82, 2.24) is 19.6 Å². The number of aromatic nitrogens is 4. The summed E-state index contributed by atoms with van der Waals surface area (Å²) in [5.41, 5.74) is 3.90. The van der Waals surface area contributed by atoms with Gasteiger partial charge in [0.2, 0.25) is 0 Å². The van der Waals surface area contributed by atoms with Crippen LogP contribution >= 0.6 is 11.6 Å². The first kappa shape index (κ1) is 16.3. The molecule has 1 N–H and O–H groups in total. The van der Waals surface area contributed by atoms with Crippen LogP contribution in [0.2, 0.25) is 5.02 Å². The Hall–Kier alpha value is -2.92. The van der Waals surface area contributed by atoms with Crippen molar-refractivity contribution in [2.45, 2.75) is 24.7 Å². The van der Waals surface area contributed by atoms with Gasteiger partial charge in [0.15, 0.2) is 5.65 Å². The number of H-pyrrole nitrogens is 1. The van der Waals surface area contributed by atoms with E-state index in [9.17, 15) is 4.79 Å². The molecule has 0 bridgehead atoms. The second kappa shape index (κ2) is 6.06. The van der Waals surface area contributed by atoms with Crippen LogP contribution in [-0.4, -0.2) is 19.6 Å². The number of nitrogens with one attached hydrogen (secondary N) is 1. The molecule has 0 amide bonds. The van der Waals surface area contributed by atoms with E-state index in [0.29, 0.717) is 11.3 Å². The predicted molar refractivity (Wildman–Crippen MR) is 105 cm³/mol. The van der Waals surface area contributed by atoms with Gasteiger partial charge in [0.25, 0.3) is 5.56 Å². The van der Waals surface area contributed by atoms with Crippen molar-refractivity contribution in [3.63, 3.8) is 0 Å². The molecule has 0 spiro atoms. The minimum Gasteiger partial charge on any atom is -0.293 e. The van der Waals surface area contributed by atoms with Crippen molar-refractivity contribution in [2.75, 3.05) is 0 Å². The fourth-order valence-electron chi connectivity index (χ4n) is 3.97. The van der Waals surface area contributed by atoms with Gasteiger partial charge >= 0.3 is 0 Å². The maximum Gasteiger partial charge on any atom is 0.273 e. The Morgan fingerprint density at radius 2 is 1.85 bits per heavy atom. The molecule has 27 heavy (non-hydrogen) atoms. The van der Waals surface area contributed by atoms with Crippen LogP contribution in [-0.2, 0) is 5.41 Å². The lowest BCUT2D eigenvalue weighted by atomic mass is 9.62. The quantitative estimate of drug-likeness (QED) is 0.582. The number of hydrogen-bond acceptors (Lipinski definition) is 3. The molecule has 1 aromatic carbocycles. The van der Waals surface area contributed by atoms with Gasteiger partial charge in [-0.05, 0) is 36.6 Å². The summed E-state index contributed by atoms with van der Waals surface area (Å²) in [7, 11) is 0. The Morgan fingerprint density at radius 3 is 2.56 bits per heavy atom. The van der Waals surface area contributed by atoms with Crippen LogP contribution < -0.4 is 5.56 Å². The second-order valence-corrected chi connectivity index (χ2v) is 7.40. The standard InChI is InChI=1S/C21H17ClN4O/c22-16-5-2-1-4-15(16)21(8-3-9-21)18-13-19-24-17(12-20(27)26(19)25-18)14-6-10-23-11-7-14/h1-2,4-7,10-13,25H,3,8-9H2. The van der Waals surface area contributed by atoms with Gasteiger partial charge in [-0.2, -0.15) is 0 Å². The minimum absolute atomic E-state index is 0.133. The van der Waals surface area contributed by atoms with E-state index < -0.39 is 0 Å². The number of rotatable bonds is 3. The lowest BCUT2D eigenvalue weighted by molar-refractivity contribution is 0.293. The lowest BCUT2D eigenvalue weighted by Gasteiger charge is -2.42. The van der Waals surface area contributed by atoms with Crippen molar-refractivity contribution < 1.29 is 0 Å². The topological polar surface area (TPSA) is 63.0 Å². The van der Waals surface area contributed by atoms with Gasteiger partial charge in [0.05, 0.1) is 5.69 Å². The Morgan fingerprint density at radius 1 is 1.07 bits per heavy atom. The summed E-state index contributed by atoms with van der Waals surface area (Å²) in [5.74, 6) is 0. The van der Waals surface area contributed by atoms with E-state index in [-0.39, 0.29) is 11.0 Å². The van der Waals surface area contributed by atoms with Crippen LogP contribution in [0.25, 0.3) is 16.9 Å². The number of aromatic amines is 1. The van der Waals surface area contributed by atoms with Crippen LogP contribution in [0.15, 0.2) is 65.7 Å². The third kappa shape index (κ3) is 2.50. The summed E-state index contributed by atoms with van der Waals surface area (Å²) in [6.07, 6.45) is 6.51. The summed E-state index contributed by atoms with van der Waals surface area (Å²) >= 11 is 6.50. The van der Waals surface area contributed by atoms with Gasteiger partial charge < -0.3 is 0 Å². The molecule has 0 atom stereocenters. The smallest absolute Gasteiger partial charge is 0.273 e. The first-order chi connectivity index (χ1) is 13.2.